The number of benzene rings is 1. The van der Waals surface area contributed by atoms with Crippen LogP contribution in [0.3, 0.4) is 0 Å². The van der Waals surface area contributed by atoms with Crippen LogP contribution < -0.4 is 14.8 Å². The lowest BCUT2D eigenvalue weighted by Gasteiger charge is -2.31. The molecule has 3 nitrogen and oxygen atoms in total. The van der Waals surface area contributed by atoms with Crippen LogP contribution in [0.5, 0.6) is 11.5 Å². The minimum Gasteiger partial charge on any atom is -0.493 e. The minimum atomic E-state index is 0.683. The highest BCUT2D eigenvalue weighted by Gasteiger charge is 2.27. The fourth-order valence-corrected chi connectivity index (χ4v) is 2.31. The number of fused-ring (bicyclic) bond motifs is 1. The maximum Gasteiger partial charge on any atom is 0.161 e. The molecule has 1 aromatic carbocycles. The van der Waals surface area contributed by atoms with Crippen molar-refractivity contribution in [3.8, 4) is 11.5 Å². The van der Waals surface area contributed by atoms with Crippen molar-refractivity contribution in [3.63, 3.8) is 0 Å². The molecule has 16 heavy (non-hydrogen) atoms. The molecule has 3 heteroatoms. The lowest BCUT2D eigenvalue weighted by atomic mass is 9.75. The van der Waals surface area contributed by atoms with Gasteiger partial charge in [-0.2, -0.15) is 0 Å². The summed E-state index contributed by atoms with van der Waals surface area (Å²) in [5, 5.41) is 3.19. The topological polar surface area (TPSA) is 30.5 Å². The smallest absolute Gasteiger partial charge is 0.161 e. The van der Waals surface area contributed by atoms with Crippen molar-refractivity contribution in [2.45, 2.75) is 18.8 Å². The van der Waals surface area contributed by atoms with Crippen LogP contribution in [0, 0.1) is 0 Å². The summed E-state index contributed by atoms with van der Waals surface area (Å²) in [6.45, 7) is 1.07. The molecular formula is C13H19NO2. The van der Waals surface area contributed by atoms with Crippen molar-refractivity contribution < 1.29 is 9.47 Å². The third kappa shape index (κ3) is 1.87. The fourth-order valence-electron chi connectivity index (χ4n) is 2.31. The monoisotopic (exact) mass is 221 g/mol. The molecule has 0 amide bonds. The number of ether oxygens (including phenoxy) is 2. The quantitative estimate of drug-likeness (QED) is 0.824. The van der Waals surface area contributed by atoms with Crippen molar-refractivity contribution in [1.29, 1.82) is 0 Å². The van der Waals surface area contributed by atoms with E-state index in [1.54, 1.807) is 14.2 Å². The number of methoxy groups -OCH3 is 2. The molecule has 0 aliphatic heterocycles. The average molecular weight is 221 g/mol. The molecule has 1 aromatic rings. The molecule has 1 aliphatic carbocycles. The minimum absolute atomic E-state index is 0.683. The number of nitrogens with one attached hydrogen (secondary N) is 1. The Balaban J connectivity index is 2.17. The van der Waals surface area contributed by atoms with Gasteiger partial charge < -0.3 is 14.8 Å². The van der Waals surface area contributed by atoms with Crippen molar-refractivity contribution in [1.82, 2.24) is 5.32 Å². The highest BCUT2D eigenvalue weighted by Crippen LogP contribution is 2.43. The lowest BCUT2D eigenvalue weighted by Crippen LogP contribution is -2.21. The van der Waals surface area contributed by atoms with Gasteiger partial charge in [0.05, 0.1) is 14.2 Å². The first-order valence-corrected chi connectivity index (χ1v) is 5.69. The largest absolute Gasteiger partial charge is 0.493 e. The molecule has 0 heterocycles. The second kappa shape index (κ2) is 4.74. The Morgan fingerprint density at radius 2 is 1.94 bits per heavy atom. The number of hydrogen-bond acceptors (Lipinski definition) is 3. The van der Waals surface area contributed by atoms with E-state index in [0.717, 1.165) is 24.5 Å². The van der Waals surface area contributed by atoms with E-state index >= 15 is 0 Å². The van der Waals surface area contributed by atoms with E-state index in [4.69, 9.17) is 9.47 Å². The molecule has 1 aliphatic rings. The van der Waals surface area contributed by atoms with Gasteiger partial charge in [-0.15, -0.1) is 0 Å². The van der Waals surface area contributed by atoms with Crippen LogP contribution in [-0.4, -0.2) is 27.8 Å². The Hall–Kier alpha value is -1.22. The first-order chi connectivity index (χ1) is 7.80. The first kappa shape index (κ1) is 11.3. The third-order valence-electron chi connectivity index (χ3n) is 3.29. The predicted octanol–water partition coefficient (Wildman–Crippen LogP) is 1.95. The maximum absolute atomic E-state index is 5.32. The van der Waals surface area contributed by atoms with Gasteiger partial charge in [-0.25, -0.2) is 0 Å². The SMILES string of the molecule is CNCCC1Cc2cc(OC)c(OC)cc21. The Labute approximate surface area is 96.8 Å². The zero-order chi connectivity index (χ0) is 11.5. The second-order valence-corrected chi connectivity index (χ2v) is 4.20. The van der Waals surface area contributed by atoms with Crippen LogP contribution in [0.1, 0.15) is 23.5 Å². The van der Waals surface area contributed by atoms with E-state index in [1.807, 2.05) is 7.05 Å². The van der Waals surface area contributed by atoms with Gasteiger partial charge in [0.2, 0.25) is 0 Å². The van der Waals surface area contributed by atoms with Crippen molar-refractivity contribution >= 4 is 0 Å². The Kier molecular flexibility index (Phi) is 3.34. The van der Waals surface area contributed by atoms with E-state index in [9.17, 15) is 0 Å². The van der Waals surface area contributed by atoms with Gasteiger partial charge in [0, 0.05) is 0 Å². The molecule has 0 radical (unpaired) electrons. The van der Waals surface area contributed by atoms with Crippen LogP contribution in [0.4, 0.5) is 0 Å². The molecule has 0 fully saturated rings. The fraction of sp³-hybridized carbons (Fsp3) is 0.538. The van der Waals surface area contributed by atoms with Gasteiger partial charge in [-0.05, 0) is 55.6 Å². The highest BCUT2D eigenvalue weighted by molar-refractivity contribution is 5.53. The molecule has 1 atom stereocenters. The van der Waals surface area contributed by atoms with Gasteiger partial charge in [0.25, 0.3) is 0 Å². The summed E-state index contributed by atoms with van der Waals surface area (Å²) in [7, 11) is 5.36. The third-order valence-corrected chi connectivity index (χ3v) is 3.29. The molecular weight excluding hydrogens is 202 g/mol. The molecule has 0 bridgehead atoms. The van der Waals surface area contributed by atoms with Gasteiger partial charge >= 0.3 is 0 Å². The van der Waals surface area contributed by atoms with Gasteiger partial charge in [-0.1, -0.05) is 0 Å². The summed E-state index contributed by atoms with van der Waals surface area (Å²) >= 11 is 0. The molecule has 1 N–H and O–H groups in total. The standard InChI is InChI=1S/C13H19NO2/c1-14-5-4-9-6-10-7-12(15-2)13(16-3)8-11(9)10/h7-9,14H,4-6H2,1-3H3. The highest BCUT2D eigenvalue weighted by atomic mass is 16.5. The zero-order valence-electron chi connectivity index (χ0n) is 10.2. The van der Waals surface area contributed by atoms with Crippen LogP contribution in [0.25, 0.3) is 0 Å². The van der Waals surface area contributed by atoms with Crippen molar-refractivity contribution in [3.05, 3.63) is 23.3 Å². The van der Waals surface area contributed by atoms with Crippen molar-refractivity contribution in [2.24, 2.45) is 0 Å². The Morgan fingerprint density at radius 1 is 1.25 bits per heavy atom. The average Bonchev–Trinajstić information content (AvgIpc) is 2.30. The molecule has 0 saturated carbocycles. The summed E-state index contributed by atoms with van der Waals surface area (Å²) in [6.07, 6.45) is 2.36. The van der Waals surface area contributed by atoms with Gasteiger partial charge in [0.15, 0.2) is 11.5 Å². The summed E-state index contributed by atoms with van der Waals surface area (Å²) in [5.74, 6) is 2.37. The van der Waals surface area contributed by atoms with Crippen LogP contribution in [0.2, 0.25) is 0 Å². The number of hydrogen-bond donors (Lipinski definition) is 1. The number of rotatable bonds is 5. The molecule has 1 unspecified atom stereocenters. The molecule has 0 saturated heterocycles. The molecule has 88 valence electrons. The Bertz CT molecular complexity index is 376. The van der Waals surface area contributed by atoms with Crippen LogP contribution in [0.15, 0.2) is 12.1 Å². The second-order valence-electron chi connectivity index (χ2n) is 4.20. The van der Waals surface area contributed by atoms with Gasteiger partial charge in [-0.3, -0.25) is 0 Å². The first-order valence-electron chi connectivity index (χ1n) is 5.69. The van der Waals surface area contributed by atoms with Crippen LogP contribution >= 0.6 is 0 Å². The van der Waals surface area contributed by atoms with Crippen LogP contribution in [-0.2, 0) is 6.42 Å². The predicted molar refractivity (Wildman–Crippen MR) is 64.5 cm³/mol. The van der Waals surface area contributed by atoms with E-state index in [-0.39, 0.29) is 0 Å². The molecule has 0 aromatic heterocycles. The normalized spacial score (nSPS) is 17.6. The lowest BCUT2D eigenvalue weighted by molar-refractivity contribution is 0.351. The van der Waals surface area contributed by atoms with E-state index in [0.29, 0.717) is 5.92 Å². The zero-order valence-corrected chi connectivity index (χ0v) is 10.2. The van der Waals surface area contributed by atoms with E-state index in [1.165, 1.54) is 17.5 Å². The maximum atomic E-state index is 5.32. The van der Waals surface area contributed by atoms with Crippen molar-refractivity contribution in [2.75, 3.05) is 27.8 Å². The van der Waals surface area contributed by atoms with Gasteiger partial charge in [0.1, 0.15) is 0 Å². The summed E-state index contributed by atoms with van der Waals surface area (Å²) in [4.78, 5) is 0. The molecule has 2 rings (SSSR count). The van der Waals surface area contributed by atoms with E-state index < -0.39 is 0 Å². The summed E-state index contributed by atoms with van der Waals surface area (Å²) < 4.78 is 10.6. The Morgan fingerprint density at radius 3 is 2.56 bits per heavy atom. The summed E-state index contributed by atoms with van der Waals surface area (Å²) in [6, 6.07) is 4.22. The van der Waals surface area contributed by atoms with E-state index in [2.05, 4.69) is 17.4 Å². The summed E-state index contributed by atoms with van der Waals surface area (Å²) in [5.41, 5.74) is 2.83. The molecule has 0 spiro atoms.